The number of hydrogen-bond acceptors (Lipinski definition) is 2. The molecular formula is C22H20S2. The molecule has 0 atom stereocenters. The normalized spacial score (nSPS) is 14.5. The van der Waals surface area contributed by atoms with E-state index in [1.54, 1.807) is 0 Å². The fourth-order valence-electron chi connectivity index (χ4n) is 3.05. The Morgan fingerprint density at radius 1 is 0.500 bits per heavy atom. The van der Waals surface area contributed by atoms with E-state index in [1.165, 1.54) is 44.9 Å². The van der Waals surface area contributed by atoms with E-state index in [-0.39, 0.29) is 0 Å². The third kappa shape index (κ3) is 3.55. The average Bonchev–Trinajstić information content (AvgIpc) is 2.65. The van der Waals surface area contributed by atoms with Crippen LogP contribution in [-0.2, 0) is 11.5 Å². The molecule has 3 aromatic rings. The van der Waals surface area contributed by atoms with Gasteiger partial charge >= 0.3 is 0 Å². The highest BCUT2D eigenvalue weighted by molar-refractivity contribution is 8.02. The molecule has 7 rings (SSSR count). The Balaban J connectivity index is 1.80. The van der Waals surface area contributed by atoms with E-state index in [1.807, 2.05) is 23.5 Å². The van der Waals surface area contributed by atoms with Gasteiger partial charge in [-0.1, -0.05) is 72.8 Å². The standard InChI is InChI=1S/C22H20S2/c1-2-4-22-20-11-7-18(8-12-20)16-24-14-13-23-15-17-5-9-19(10-6-17)21(22)3-1/h1-12H,13-16H2. The minimum absolute atomic E-state index is 1.11. The van der Waals surface area contributed by atoms with Crippen LogP contribution in [0.3, 0.4) is 0 Å². The van der Waals surface area contributed by atoms with Crippen molar-refractivity contribution < 1.29 is 0 Å². The highest BCUT2D eigenvalue weighted by atomic mass is 32.2. The molecule has 120 valence electrons. The van der Waals surface area contributed by atoms with Gasteiger partial charge in [0.15, 0.2) is 0 Å². The van der Waals surface area contributed by atoms with Gasteiger partial charge in [-0.25, -0.2) is 0 Å². The highest BCUT2D eigenvalue weighted by Crippen LogP contribution is 2.33. The summed E-state index contributed by atoms with van der Waals surface area (Å²) in [5.74, 6) is 4.65. The van der Waals surface area contributed by atoms with Crippen LogP contribution in [0.15, 0.2) is 72.8 Å². The second-order valence-electron chi connectivity index (χ2n) is 6.04. The maximum atomic E-state index is 2.28. The summed E-state index contributed by atoms with van der Waals surface area (Å²) in [7, 11) is 0. The monoisotopic (exact) mass is 348 g/mol. The quantitative estimate of drug-likeness (QED) is 0.455. The van der Waals surface area contributed by atoms with Crippen molar-refractivity contribution in [1.29, 1.82) is 0 Å². The van der Waals surface area contributed by atoms with Crippen LogP contribution < -0.4 is 0 Å². The molecule has 2 heteroatoms. The number of benzene rings is 3. The van der Waals surface area contributed by atoms with Crippen molar-refractivity contribution in [2.24, 2.45) is 0 Å². The molecule has 0 saturated heterocycles. The first kappa shape index (κ1) is 15.9. The van der Waals surface area contributed by atoms with Crippen molar-refractivity contribution >= 4 is 23.5 Å². The predicted molar refractivity (Wildman–Crippen MR) is 110 cm³/mol. The fourth-order valence-corrected chi connectivity index (χ4v) is 5.13. The van der Waals surface area contributed by atoms with E-state index in [2.05, 4.69) is 72.8 Å². The van der Waals surface area contributed by atoms with Crippen LogP contribution in [0.25, 0.3) is 22.3 Å². The highest BCUT2D eigenvalue weighted by Gasteiger charge is 2.08. The van der Waals surface area contributed by atoms with Crippen LogP contribution in [0, 0.1) is 0 Å². The van der Waals surface area contributed by atoms with Gasteiger partial charge in [-0.3, -0.25) is 0 Å². The molecule has 0 unspecified atom stereocenters. The molecule has 3 aromatic carbocycles. The lowest BCUT2D eigenvalue weighted by Gasteiger charge is -2.12. The van der Waals surface area contributed by atoms with Gasteiger partial charge < -0.3 is 0 Å². The number of rotatable bonds is 0. The van der Waals surface area contributed by atoms with Crippen LogP contribution in [0.5, 0.6) is 0 Å². The molecule has 0 saturated carbocycles. The van der Waals surface area contributed by atoms with Gasteiger partial charge in [0.1, 0.15) is 0 Å². The molecule has 4 aliphatic heterocycles. The van der Waals surface area contributed by atoms with Crippen molar-refractivity contribution in [2.45, 2.75) is 11.5 Å². The van der Waals surface area contributed by atoms with E-state index in [0.717, 1.165) is 11.5 Å². The van der Waals surface area contributed by atoms with E-state index in [0.29, 0.717) is 0 Å². The smallest absolute Gasteiger partial charge is 0.0184 e. The Kier molecular flexibility index (Phi) is 4.96. The van der Waals surface area contributed by atoms with Gasteiger partial charge in [-0.2, -0.15) is 23.5 Å². The molecule has 0 nitrogen and oxygen atoms in total. The van der Waals surface area contributed by atoms with Crippen molar-refractivity contribution in [2.75, 3.05) is 11.5 Å². The topological polar surface area (TPSA) is 0 Å². The van der Waals surface area contributed by atoms with Crippen molar-refractivity contribution in [3.05, 3.63) is 83.9 Å². The first-order valence-electron chi connectivity index (χ1n) is 8.33. The van der Waals surface area contributed by atoms with Gasteiger partial charge in [0.2, 0.25) is 0 Å². The summed E-state index contributed by atoms with van der Waals surface area (Å²) in [6.45, 7) is 0. The summed E-state index contributed by atoms with van der Waals surface area (Å²) in [5.41, 5.74) is 8.05. The maximum Gasteiger partial charge on any atom is 0.0184 e. The second-order valence-corrected chi connectivity index (χ2v) is 8.25. The summed E-state index contributed by atoms with van der Waals surface area (Å²) < 4.78 is 0. The molecule has 0 spiro atoms. The minimum atomic E-state index is 1.11. The number of thioether (sulfide) groups is 2. The Bertz CT molecular complexity index is 734. The summed E-state index contributed by atoms with van der Waals surface area (Å²) in [4.78, 5) is 0. The minimum Gasteiger partial charge on any atom is -0.156 e. The summed E-state index contributed by atoms with van der Waals surface area (Å²) >= 11 is 4.06. The van der Waals surface area contributed by atoms with Crippen molar-refractivity contribution in [1.82, 2.24) is 0 Å². The molecule has 0 aliphatic carbocycles. The predicted octanol–water partition coefficient (Wildman–Crippen LogP) is 6.50. The Hall–Kier alpha value is -1.64. The van der Waals surface area contributed by atoms with E-state index < -0.39 is 0 Å². The lowest BCUT2D eigenvalue weighted by Crippen LogP contribution is -1.91. The average molecular weight is 349 g/mol. The lowest BCUT2D eigenvalue weighted by molar-refractivity contribution is 1.37. The summed E-state index contributed by atoms with van der Waals surface area (Å²) in [5, 5.41) is 0. The second kappa shape index (κ2) is 7.50. The molecular weight excluding hydrogens is 328 g/mol. The maximum absolute atomic E-state index is 2.28. The summed E-state index contributed by atoms with van der Waals surface area (Å²) in [6, 6.07) is 26.9. The third-order valence-corrected chi connectivity index (χ3v) is 6.69. The Morgan fingerprint density at radius 3 is 1.33 bits per heavy atom. The molecule has 4 aliphatic rings. The van der Waals surface area contributed by atoms with Crippen molar-refractivity contribution in [3.63, 3.8) is 0 Å². The van der Waals surface area contributed by atoms with Crippen LogP contribution in [0.2, 0.25) is 0 Å². The van der Waals surface area contributed by atoms with Gasteiger partial charge in [-0.15, -0.1) is 0 Å². The molecule has 4 heterocycles. The van der Waals surface area contributed by atoms with E-state index >= 15 is 0 Å². The molecule has 0 fully saturated rings. The first-order valence-corrected chi connectivity index (χ1v) is 10.6. The zero-order valence-electron chi connectivity index (χ0n) is 13.6. The van der Waals surface area contributed by atoms with Gasteiger partial charge in [-0.05, 0) is 33.4 Å². The molecule has 0 radical (unpaired) electrons. The summed E-state index contributed by atoms with van der Waals surface area (Å²) in [6.07, 6.45) is 0. The molecule has 0 aromatic heterocycles. The first-order chi connectivity index (χ1) is 11.9. The molecule has 24 heavy (non-hydrogen) atoms. The third-order valence-electron chi connectivity index (χ3n) is 4.37. The van der Waals surface area contributed by atoms with Gasteiger partial charge in [0.25, 0.3) is 0 Å². The SMILES string of the molecule is c1ccc2c(c1)-c1ccc(cc1)CSCCSCc1ccc-2cc1. The number of hydrogen-bond donors (Lipinski definition) is 0. The van der Waals surface area contributed by atoms with E-state index in [4.69, 9.17) is 0 Å². The van der Waals surface area contributed by atoms with Crippen LogP contribution >= 0.6 is 23.5 Å². The van der Waals surface area contributed by atoms with Crippen LogP contribution in [0.1, 0.15) is 11.1 Å². The largest absolute Gasteiger partial charge is 0.156 e. The zero-order valence-corrected chi connectivity index (χ0v) is 15.2. The lowest BCUT2D eigenvalue weighted by atomic mass is 9.94. The zero-order chi connectivity index (χ0) is 16.2. The van der Waals surface area contributed by atoms with Crippen LogP contribution in [-0.4, -0.2) is 11.5 Å². The molecule has 0 amide bonds. The van der Waals surface area contributed by atoms with Gasteiger partial charge in [0.05, 0.1) is 0 Å². The Labute approximate surface area is 152 Å². The van der Waals surface area contributed by atoms with Crippen molar-refractivity contribution in [3.8, 4) is 22.3 Å². The van der Waals surface area contributed by atoms with E-state index in [9.17, 15) is 0 Å². The van der Waals surface area contributed by atoms with Gasteiger partial charge in [0, 0.05) is 23.0 Å². The molecule has 0 N–H and O–H groups in total. The molecule has 4 bridgehead atoms. The van der Waals surface area contributed by atoms with Crippen LogP contribution in [0.4, 0.5) is 0 Å². The fraction of sp³-hybridized carbons (Fsp3) is 0.182. The Morgan fingerprint density at radius 2 is 0.917 bits per heavy atom.